The number of rotatable bonds is 3. The average Bonchev–Trinajstić information content (AvgIpc) is 3.19. The topological polar surface area (TPSA) is 32.8 Å². The van der Waals surface area contributed by atoms with Gasteiger partial charge >= 0.3 is 0 Å². The van der Waals surface area contributed by atoms with Crippen molar-refractivity contribution in [2.45, 2.75) is 45.1 Å². The molecule has 1 aliphatic carbocycles. The molecule has 1 aromatic rings. The third-order valence-corrected chi connectivity index (χ3v) is 6.27. The van der Waals surface area contributed by atoms with Crippen LogP contribution in [0, 0.1) is 5.41 Å². The van der Waals surface area contributed by atoms with Crippen molar-refractivity contribution in [3.05, 3.63) is 28.8 Å². The molecule has 0 bridgehead atoms. The molecule has 130 valence electrons. The zero-order valence-electron chi connectivity index (χ0n) is 14.9. The van der Waals surface area contributed by atoms with Crippen LogP contribution in [0.5, 0.6) is 5.75 Å². The van der Waals surface area contributed by atoms with Crippen LogP contribution >= 0.6 is 0 Å². The molecule has 2 aliphatic heterocycles. The van der Waals surface area contributed by atoms with Gasteiger partial charge in [-0.15, -0.1) is 0 Å². The third-order valence-electron chi connectivity index (χ3n) is 6.27. The summed E-state index contributed by atoms with van der Waals surface area (Å²) in [6, 6.07) is 4.59. The van der Waals surface area contributed by atoms with E-state index < -0.39 is 0 Å². The summed E-state index contributed by atoms with van der Waals surface area (Å²) in [4.78, 5) is 17.1. The first-order valence-corrected chi connectivity index (χ1v) is 9.28. The summed E-state index contributed by atoms with van der Waals surface area (Å²) in [5.74, 6) is 1.38. The van der Waals surface area contributed by atoms with Crippen LogP contribution in [0.2, 0.25) is 0 Å². The smallest absolute Gasteiger partial charge is 0.229 e. The molecule has 2 heterocycles. The van der Waals surface area contributed by atoms with E-state index in [4.69, 9.17) is 4.74 Å². The van der Waals surface area contributed by atoms with E-state index in [2.05, 4.69) is 17.0 Å². The molecule has 1 unspecified atom stereocenters. The normalized spacial score (nSPS) is 27.1. The van der Waals surface area contributed by atoms with Crippen molar-refractivity contribution >= 4 is 5.91 Å². The van der Waals surface area contributed by atoms with E-state index in [9.17, 15) is 4.79 Å². The van der Waals surface area contributed by atoms with Gasteiger partial charge in [0.05, 0.1) is 12.5 Å². The van der Waals surface area contributed by atoms with Gasteiger partial charge in [-0.3, -0.25) is 9.69 Å². The molecule has 4 heteroatoms. The number of methoxy groups -OCH3 is 1. The number of benzene rings is 1. The fourth-order valence-electron chi connectivity index (χ4n) is 4.95. The lowest BCUT2D eigenvalue weighted by molar-refractivity contribution is -0.143. The number of amides is 1. The van der Waals surface area contributed by atoms with E-state index >= 15 is 0 Å². The van der Waals surface area contributed by atoms with E-state index in [1.807, 2.05) is 11.9 Å². The van der Waals surface area contributed by atoms with Crippen LogP contribution in [-0.4, -0.2) is 49.5 Å². The molecule has 2 saturated heterocycles. The van der Waals surface area contributed by atoms with E-state index in [1.165, 1.54) is 36.0 Å². The molecular formula is C20H28N2O2. The molecule has 4 rings (SSSR count). The number of aryl methyl sites for hydroxylation is 2. The molecule has 0 radical (unpaired) electrons. The molecule has 2 fully saturated rings. The minimum atomic E-state index is -0.128. The number of likely N-dealkylation sites (tertiary alicyclic amines) is 2. The molecule has 4 nitrogen and oxygen atoms in total. The van der Waals surface area contributed by atoms with Gasteiger partial charge in [0.25, 0.3) is 0 Å². The van der Waals surface area contributed by atoms with Gasteiger partial charge in [-0.25, -0.2) is 0 Å². The van der Waals surface area contributed by atoms with Crippen LogP contribution in [0.1, 0.15) is 42.4 Å². The molecule has 1 amide bonds. The number of hydrogen-bond donors (Lipinski definition) is 0. The second-order valence-corrected chi connectivity index (χ2v) is 7.86. The fourth-order valence-corrected chi connectivity index (χ4v) is 4.95. The predicted octanol–water partition coefficient (Wildman–Crippen LogP) is 2.63. The Bertz CT molecular complexity index is 657. The third kappa shape index (κ3) is 2.61. The van der Waals surface area contributed by atoms with Crippen molar-refractivity contribution in [1.82, 2.24) is 9.80 Å². The Morgan fingerprint density at radius 1 is 1.12 bits per heavy atom. The zero-order chi connectivity index (χ0) is 16.7. The standard InChI is InChI=1S/C20H28N2O2/c1-21-9-4-7-20(19(21)23)8-10-22(14-20)13-17-11-15-5-3-6-16(15)12-18(17)24-2/h11-12H,3-10,13-14H2,1-2H3. The maximum atomic E-state index is 12.7. The van der Waals surface area contributed by atoms with Gasteiger partial charge in [0.1, 0.15) is 5.75 Å². The first-order chi connectivity index (χ1) is 11.6. The number of fused-ring (bicyclic) bond motifs is 1. The van der Waals surface area contributed by atoms with Crippen LogP contribution < -0.4 is 4.74 Å². The Kier molecular flexibility index (Phi) is 4.03. The van der Waals surface area contributed by atoms with E-state index in [-0.39, 0.29) is 5.41 Å². The summed E-state index contributed by atoms with van der Waals surface area (Å²) in [6.07, 6.45) is 6.82. The molecule has 1 spiro atoms. The van der Waals surface area contributed by atoms with Crippen molar-refractivity contribution < 1.29 is 9.53 Å². The molecule has 0 aromatic heterocycles. The van der Waals surface area contributed by atoms with Gasteiger partial charge in [-0.05, 0) is 62.3 Å². The molecule has 1 aromatic carbocycles. The van der Waals surface area contributed by atoms with Crippen molar-refractivity contribution in [3.63, 3.8) is 0 Å². The minimum absolute atomic E-state index is 0.128. The number of carbonyl (C=O) groups excluding carboxylic acids is 1. The number of piperidine rings is 1. The van der Waals surface area contributed by atoms with Crippen LogP contribution in [0.3, 0.4) is 0 Å². The Hall–Kier alpha value is -1.55. The summed E-state index contributed by atoms with van der Waals surface area (Å²) in [6.45, 7) is 3.73. The lowest BCUT2D eigenvalue weighted by Gasteiger charge is -2.37. The fraction of sp³-hybridized carbons (Fsp3) is 0.650. The Labute approximate surface area is 144 Å². The highest BCUT2D eigenvalue weighted by atomic mass is 16.5. The Morgan fingerprint density at radius 3 is 2.71 bits per heavy atom. The molecule has 1 atom stereocenters. The Morgan fingerprint density at radius 2 is 1.92 bits per heavy atom. The van der Waals surface area contributed by atoms with Gasteiger partial charge in [0, 0.05) is 32.2 Å². The van der Waals surface area contributed by atoms with Gasteiger partial charge in [-0.1, -0.05) is 6.07 Å². The quantitative estimate of drug-likeness (QED) is 0.855. The second kappa shape index (κ2) is 6.07. The van der Waals surface area contributed by atoms with Crippen molar-refractivity contribution in [1.29, 1.82) is 0 Å². The van der Waals surface area contributed by atoms with Crippen LogP contribution in [0.4, 0.5) is 0 Å². The largest absolute Gasteiger partial charge is 0.496 e. The average molecular weight is 328 g/mol. The summed E-state index contributed by atoms with van der Waals surface area (Å²) in [5.41, 5.74) is 4.11. The number of carbonyl (C=O) groups is 1. The lowest BCUT2D eigenvalue weighted by Crippen LogP contribution is -2.48. The van der Waals surface area contributed by atoms with Crippen molar-refractivity contribution in [2.24, 2.45) is 5.41 Å². The SMILES string of the molecule is COc1cc2c(cc1CN1CCC3(CCCN(C)C3=O)C1)CCC2. The maximum absolute atomic E-state index is 12.7. The minimum Gasteiger partial charge on any atom is -0.496 e. The van der Waals surface area contributed by atoms with E-state index in [1.54, 1.807) is 7.11 Å². The summed E-state index contributed by atoms with van der Waals surface area (Å²) in [7, 11) is 3.72. The first-order valence-electron chi connectivity index (χ1n) is 9.28. The molecule has 24 heavy (non-hydrogen) atoms. The monoisotopic (exact) mass is 328 g/mol. The number of hydrogen-bond acceptors (Lipinski definition) is 3. The molecule has 0 N–H and O–H groups in total. The highest BCUT2D eigenvalue weighted by molar-refractivity contribution is 5.83. The molecule has 3 aliphatic rings. The molecule has 0 saturated carbocycles. The van der Waals surface area contributed by atoms with Crippen LogP contribution in [-0.2, 0) is 24.2 Å². The predicted molar refractivity (Wildman–Crippen MR) is 94.2 cm³/mol. The van der Waals surface area contributed by atoms with E-state index in [0.29, 0.717) is 5.91 Å². The van der Waals surface area contributed by atoms with Gasteiger partial charge in [0.2, 0.25) is 5.91 Å². The highest BCUT2D eigenvalue weighted by Crippen LogP contribution is 2.41. The van der Waals surface area contributed by atoms with Crippen molar-refractivity contribution in [2.75, 3.05) is 33.8 Å². The van der Waals surface area contributed by atoms with Gasteiger partial charge < -0.3 is 9.64 Å². The maximum Gasteiger partial charge on any atom is 0.229 e. The Balaban J connectivity index is 1.52. The summed E-state index contributed by atoms with van der Waals surface area (Å²) < 4.78 is 5.65. The zero-order valence-corrected chi connectivity index (χ0v) is 14.9. The van der Waals surface area contributed by atoms with Gasteiger partial charge in [0.15, 0.2) is 0 Å². The van der Waals surface area contributed by atoms with Crippen molar-refractivity contribution in [3.8, 4) is 5.75 Å². The van der Waals surface area contributed by atoms with Crippen LogP contribution in [0.25, 0.3) is 0 Å². The van der Waals surface area contributed by atoms with Gasteiger partial charge in [-0.2, -0.15) is 0 Å². The summed E-state index contributed by atoms with van der Waals surface area (Å²) >= 11 is 0. The van der Waals surface area contributed by atoms with E-state index in [0.717, 1.165) is 51.2 Å². The number of nitrogens with zero attached hydrogens (tertiary/aromatic N) is 2. The summed E-state index contributed by atoms with van der Waals surface area (Å²) in [5, 5.41) is 0. The lowest BCUT2D eigenvalue weighted by atomic mass is 9.78. The van der Waals surface area contributed by atoms with Crippen LogP contribution in [0.15, 0.2) is 12.1 Å². The highest BCUT2D eigenvalue weighted by Gasteiger charge is 2.47. The second-order valence-electron chi connectivity index (χ2n) is 7.86. The molecular weight excluding hydrogens is 300 g/mol. The number of ether oxygens (including phenoxy) is 1. The first kappa shape index (κ1) is 15.9.